The van der Waals surface area contributed by atoms with Crippen LogP contribution in [0.3, 0.4) is 0 Å². The highest BCUT2D eigenvalue weighted by Gasteiger charge is 2.11. The maximum Gasteiger partial charge on any atom is 0.330 e. The van der Waals surface area contributed by atoms with Gasteiger partial charge >= 0.3 is 5.69 Å². The fourth-order valence-electron chi connectivity index (χ4n) is 2.20. The summed E-state index contributed by atoms with van der Waals surface area (Å²) in [6, 6.07) is 8.04. The van der Waals surface area contributed by atoms with Gasteiger partial charge in [0.2, 0.25) is 0 Å². The Morgan fingerprint density at radius 1 is 1.24 bits per heavy atom. The van der Waals surface area contributed by atoms with Crippen LogP contribution in [0.25, 0.3) is 0 Å². The number of halogens is 1. The Bertz CT molecular complexity index is 764. The summed E-state index contributed by atoms with van der Waals surface area (Å²) in [5, 5.41) is 3.31. The first-order valence-electron chi connectivity index (χ1n) is 6.65. The molecule has 0 spiro atoms. The second-order valence-corrected chi connectivity index (χ2v) is 5.89. The standard InChI is InChI=1S/C15H18BrN3O2/c1-10(12-6-4-5-7-13(12)16)17-8-11-9-18(2)15(21)19(3)14(11)20/h4-7,9-10,17H,8H2,1-3H3/t10-/m1/s1. The van der Waals surface area contributed by atoms with Crippen LogP contribution in [0.4, 0.5) is 0 Å². The molecular formula is C15H18BrN3O2. The van der Waals surface area contributed by atoms with Gasteiger partial charge in [0.15, 0.2) is 0 Å². The molecule has 0 unspecified atom stereocenters. The van der Waals surface area contributed by atoms with Gasteiger partial charge < -0.3 is 9.88 Å². The minimum Gasteiger partial charge on any atom is -0.306 e. The van der Waals surface area contributed by atoms with Crippen molar-refractivity contribution < 1.29 is 0 Å². The smallest absolute Gasteiger partial charge is 0.306 e. The average molecular weight is 352 g/mol. The normalized spacial score (nSPS) is 12.4. The van der Waals surface area contributed by atoms with Crippen LogP contribution in [0.15, 0.2) is 44.5 Å². The molecule has 0 saturated heterocycles. The van der Waals surface area contributed by atoms with Crippen molar-refractivity contribution in [3.05, 3.63) is 66.9 Å². The van der Waals surface area contributed by atoms with E-state index in [9.17, 15) is 9.59 Å². The Balaban J connectivity index is 2.20. The zero-order valence-electron chi connectivity index (χ0n) is 12.3. The van der Waals surface area contributed by atoms with Gasteiger partial charge in [0.1, 0.15) is 0 Å². The van der Waals surface area contributed by atoms with Gasteiger partial charge in [-0.25, -0.2) is 4.79 Å². The lowest BCUT2D eigenvalue weighted by atomic mass is 10.1. The summed E-state index contributed by atoms with van der Waals surface area (Å²) in [7, 11) is 3.13. The van der Waals surface area contributed by atoms with E-state index >= 15 is 0 Å². The zero-order chi connectivity index (χ0) is 15.6. The van der Waals surface area contributed by atoms with Crippen molar-refractivity contribution in [1.82, 2.24) is 14.5 Å². The van der Waals surface area contributed by atoms with Crippen LogP contribution in [-0.4, -0.2) is 9.13 Å². The molecule has 0 saturated carbocycles. The Kier molecular flexibility index (Phi) is 4.80. The van der Waals surface area contributed by atoms with Crippen LogP contribution >= 0.6 is 15.9 Å². The van der Waals surface area contributed by atoms with Crippen LogP contribution in [0.2, 0.25) is 0 Å². The first-order chi connectivity index (χ1) is 9.91. The third-order valence-corrected chi connectivity index (χ3v) is 4.21. The van der Waals surface area contributed by atoms with Crippen molar-refractivity contribution in [2.24, 2.45) is 14.1 Å². The number of aromatic nitrogens is 2. The van der Waals surface area contributed by atoms with Crippen LogP contribution in [0.1, 0.15) is 24.1 Å². The molecule has 112 valence electrons. The minimum absolute atomic E-state index is 0.0857. The van der Waals surface area contributed by atoms with Crippen molar-refractivity contribution in [2.45, 2.75) is 19.5 Å². The third-order valence-electron chi connectivity index (χ3n) is 3.49. The lowest BCUT2D eigenvalue weighted by Crippen LogP contribution is -2.39. The predicted molar refractivity (Wildman–Crippen MR) is 86.3 cm³/mol. The monoisotopic (exact) mass is 351 g/mol. The minimum atomic E-state index is -0.317. The molecule has 0 amide bonds. The Hall–Kier alpha value is -1.66. The highest BCUT2D eigenvalue weighted by atomic mass is 79.9. The maximum atomic E-state index is 12.1. The number of hydrogen-bond acceptors (Lipinski definition) is 3. The molecular weight excluding hydrogens is 334 g/mol. The van der Waals surface area contributed by atoms with Gasteiger partial charge in [0.25, 0.3) is 5.56 Å². The first kappa shape index (κ1) is 15.7. The van der Waals surface area contributed by atoms with Gasteiger partial charge in [0, 0.05) is 42.9 Å². The number of aryl methyl sites for hydroxylation is 1. The lowest BCUT2D eigenvalue weighted by molar-refractivity contribution is 0.557. The summed E-state index contributed by atoms with van der Waals surface area (Å²) in [5.74, 6) is 0. The van der Waals surface area contributed by atoms with E-state index in [4.69, 9.17) is 0 Å². The Labute approximate surface area is 131 Å². The van der Waals surface area contributed by atoms with E-state index in [2.05, 4.69) is 21.2 Å². The molecule has 1 N–H and O–H groups in total. The van der Waals surface area contributed by atoms with Crippen molar-refractivity contribution >= 4 is 15.9 Å². The second kappa shape index (κ2) is 6.41. The predicted octanol–water partition coefficient (Wildman–Crippen LogP) is 1.70. The molecule has 1 aromatic carbocycles. The van der Waals surface area contributed by atoms with E-state index in [0.29, 0.717) is 12.1 Å². The van der Waals surface area contributed by atoms with Gasteiger partial charge in [-0.2, -0.15) is 0 Å². The van der Waals surface area contributed by atoms with E-state index in [0.717, 1.165) is 14.6 Å². The SMILES string of the molecule is C[C@@H](NCc1cn(C)c(=O)n(C)c1=O)c1ccccc1Br. The van der Waals surface area contributed by atoms with Gasteiger partial charge in [-0.3, -0.25) is 9.36 Å². The van der Waals surface area contributed by atoms with Gasteiger partial charge in [0.05, 0.1) is 0 Å². The van der Waals surface area contributed by atoms with Crippen LogP contribution in [-0.2, 0) is 20.6 Å². The van der Waals surface area contributed by atoms with Crippen LogP contribution in [0, 0.1) is 0 Å². The summed E-state index contributed by atoms with van der Waals surface area (Å²) in [5.41, 5.74) is 1.12. The van der Waals surface area contributed by atoms with E-state index in [1.165, 1.54) is 11.6 Å². The molecule has 1 heterocycles. The van der Waals surface area contributed by atoms with E-state index in [-0.39, 0.29) is 17.3 Å². The summed E-state index contributed by atoms with van der Waals surface area (Å²) in [4.78, 5) is 23.7. The molecule has 1 atom stereocenters. The van der Waals surface area contributed by atoms with Gasteiger partial charge in [-0.15, -0.1) is 0 Å². The van der Waals surface area contributed by atoms with Crippen molar-refractivity contribution in [3.63, 3.8) is 0 Å². The molecule has 2 rings (SSSR count). The Morgan fingerprint density at radius 3 is 2.57 bits per heavy atom. The molecule has 0 bridgehead atoms. The molecule has 0 aliphatic carbocycles. The molecule has 21 heavy (non-hydrogen) atoms. The van der Waals surface area contributed by atoms with E-state index in [1.54, 1.807) is 13.2 Å². The molecule has 1 aromatic heterocycles. The largest absolute Gasteiger partial charge is 0.330 e. The van der Waals surface area contributed by atoms with Gasteiger partial charge in [-0.1, -0.05) is 34.1 Å². The summed E-state index contributed by atoms with van der Waals surface area (Å²) < 4.78 is 3.57. The fourth-order valence-corrected chi connectivity index (χ4v) is 2.83. The summed E-state index contributed by atoms with van der Waals surface area (Å²) in [6.07, 6.45) is 1.59. The average Bonchev–Trinajstić information content (AvgIpc) is 2.47. The third kappa shape index (κ3) is 3.33. The zero-order valence-corrected chi connectivity index (χ0v) is 13.8. The second-order valence-electron chi connectivity index (χ2n) is 5.04. The Morgan fingerprint density at radius 2 is 1.90 bits per heavy atom. The molecule has 6 heteroatoms. The molecule has 0 radical (unpaired) electrons. The number of benzene rings is 1. The van der Waals surface area contributed by atoms with Crippen molar-refractivity contribution in [3.8, 4) is 0 Å². The number of nitrogens with zero attached hydrogens (tertiary/aromatic N) is 2. The summed E-state index contributed by atoms with van der Waals surface area (Å²) >= 11 is 3.52. The summed E-state index contributed by atoms with van der Waals surface area (Å²) in [6.45, 7) is 2.44. The van der Waals surface area contributed by atoms with Crippen LogP contribution in [0.5, 0.6) is 0 Å². The van der Waals surface area contributed by atoms with Crippen LogP contribution < -0.4 is 16.6 Å². The fraction of sp³-hybridized carbons (Fsp3) is 0.333. The lowest BCUT2D eigenvalue weighted by Gasteiger charge is -2.16. The molecule has 5 nitrogen and oxygen atoms in total. The molecule has 0 aliphatic heterocycles. The first-order valence-corrected chi connectivity index (χ1v) is 7.44. The highest BCUT2D eigenvalue weighted by molar-refractivity contribution is 9.10. The molecule has 0 aliphatic rings. The number of nitrogens with one attached hydrogen (secondary N) is 1. The van der Waals surface area contributed by atoms with Crippen molar-refractivity contribution in [1.29, 1.82) is 0 Å². The van der Waals surface area contributed by atoms with E-state index in [1.807, 2.05) is 31.2 Å². The van der Waals surface area contributed by atoms with E-state index < -0.39 is 0 Å². The number of rotatable bonds is 4. The highest BCUT2D eigenvalue weighted by Crippen LogP contribution is 2.22. The van der Waals surface area contributed by atoms with Crippen molar-refractivity contribution in [2.75, 3.05) is 0 Å². The molecule has 0 fully saturated rings. The quantitative estimate of drug-likeness (QED) is 0.911. The maximum absolute atomic E-state index is 12.1. The van der Waals surface area contributed by atoms with Gasteiger partial charge in [-0.05, 0) is 18.6 Å². The molecule has 2 aromatic rings. The topological polar surface area (TPSA) is 56.0 Å². The number of hydrogen-bond donors (Lipinski definition) is 1.